The summed E-state index contributed by atoms with van der Waals surface area (Å²) >= 11 is 0. The van der Waals surface area contributed by atoms with E-state index in [9.17, 15) is 19.7 Å². The van der Waals surface area contributed by atoms with E-state index in [1.165, 1.54) is 12.1 Å². The maximum absolute atomic E-state index is 13.8. The number of nitrogens with one attached hydrogen (secondary N) is 1. The van der Waals surface area contributed by atoms with Crippen LogP contribution in [0.4, 0.5) is 5.69 Å². The summed E-state index contributed by atoms with van der Waals surface area (Å²) < 4.78 is 5.41. The molecule has 3 aliphatic rings. The number of aromatic nitrogens is 1. The van der Waals surface area contributed by atoms with Gasteiger partial charge in [-0.15, -0.1) is 0 Å². The minimum absolute atomic E-state index is 0.0154. The zero-order chi connectivity index (χ0) is 24.8. The van der Waals surface area contributed by atoms with Gasteiger partial charge >= 0.3 is 0 Å². The van der Waals surface area contributed by atoms with Crippen LogP contribution in [0, 0.1) is 10.1 Å². The molecule has 36 heavy (non-hydrogen) atoms. The highest BCUT2D eigenvalue weighted by molar-refractivity contribution is 5.97. The number of H-pyrrole nitrogens is 1. The monoisotopic (exact) mass is 489 g/mol. The average molecular weight is 490 g/mol. The Balaban J connectivity index is 1.37. The van der Waals surface area contributed by atoms with Crippen molar-refractivity contribution < 1.29 is 19.2 Å². The summed E-state index contributed by atoms with van der Waals surface area (Å²) in [6.07, 6.45) is 0.432. The fraction of sp³-hybridized carbons (Fsp3) is 0.385. The van der Waals surface area contributed by atoms with Crippen molar-refractivity contribution in [1.29, 1.82) is 0 Å². The Labute approximate surface area is 207 Å². The molecule has 10 nitrogen and oxygen atoms in total. The van der Waals surface area contributed by atoms with Gasteiger partial charge in [-0.3, -0.25) is 24.6 Å². The Morgan fingerprint density at radius 3 is 2.53 bits per heavy atom. The first-order valence-electron chi connectivity index (χ1n) is 12.2. The highest BCUT2D eigenvalue weighted by Crippen LogP contribution is 2.42. The topological polar surface area (TPSA) is 112 Å². The number of nitro groups is 1. The molecule has 10 heteroatoms. The van der Waals surface area contributed by atoms with E-state index in [1.807, 2.05) is 24.3 Å². The van der Waals surface area contributed by atoms with E-state index >= 15 is 0 Å². The molecule has 0 saturated carbocycles. The van der Waals surface area contributed by atoms with Crippen molar-refractivity contribution in [3.8, 4) is 0 Å². The predicted molar refractivity (Wildman–Crippen MR) is 131 cm³/mol. The Morgan fingerprint density at radius 2 is 1.78 bits per heavy atom. The molecular weight excluding hydrogens is 462 g/mol. The second kappa shape index (κ2) is 9.03. The van der Waals surface area contributed by atoms with Crippen LogP contribution in [0.5, 0.6) is 0 Å². The number of nitrogens with zero attached hydrogens (tertiary/aromatic N) is 4. The molecule has 2 saturated heterocycles. The van der Waals surface area contributed by atoms with Crippen molar-refractivity contribution in [2.45, 2.75) is 18.5 Å². The third-order valence-electron chi connectivity index (χ3n) is 7.55. The maximum Gasteiger partial charge on any atom is 0.269 e. The summed E-state index contributed by atoms with van der Waals surface area (Å²) in [5, 5.41) is 12.2. The molecule has 0 radical (unpaired) electrons. The highest BCUT2D eigenvalue weighted by Gasteiger charge is 2.48. The minimum Gasteiger partial charge on any atom is -0.379 e. The number of hydrogen-bond donors (Lipinski definition) is 1. The van der Waals surface area contributed by atoms with Gasteiger partial charge in [0, 0.05) is 61.3 Å². The summed E-state index contributed by atoms with van der Waals surface area (Å²) in [6.45, 7) is 4.25. The van der Waals surface area contributed by atoms with Crippen molar-refractivity contribution in [2.75, 3.05) is 45.9 Å². The number of para-hydroxylation sites is 1. The van der Waals surface area contributed by atoms with Gasteiger partial charge in [0.1, 0.15) is 6.04 Å². The molecule has 0 bridgehead atoms. The Kier molecular flexibility index (Phi) is 5.69. The summed E-state index contributed by atoms with van der Waals surface area (Å²) in [4.78, 5) is 47.2. The van der Waals surface area contributed by atoms with Crippen LogP contribution in [0.3, 0.4) is 0 Å². The molecule has 2 amide bonds. The molecule has 3 aliphatic heterocycles. The fourth-order valence-electron chi connectivity index (χ4n) is 5.72. The van der Waals surface area contributed by atoms with Crippen LogP contribution in [0.2, 0.25) is 0 Å². The van der Waals surface area contributed by atoms with Gasteiger partial charge < -0.3 is 19.5 Å². The molecule has 1 aromatic heterocycles. The number of non-ortho nitro benzene ring substituents is 1. The lowest BCUT2D eigenvalue weighted by molar-refractivity contribution is -0.384. The molecule has 4 heterocycles. The Bertz CT molecular complexity index is 1330. The molecule has 2 aromatic carbocycles. The predicted octanol–water partition coefficient (Wildman–Crippen LogP) is 2.09. The first-order valence-corrected chi connectivity index (χ1v) is 12.2. The molecule has 2 fully saturated rings. The Hall–Kier alpha value is -3.76. The van der Waals surface area contributed by atoms with Gasteiger partial charge in [-0.1, -0.05) is 18.2 Å². The largest absolute Gasteiger partial charge is 0.379 e. The van der Waals surface area contributed by atoms with Gasteiger partial charge in [0.25, 0.3) is 5.69 Å². The number of rotatable bonds is 5. The molecule has 1 N–H and O–H groups in total. The van der Waals surface area contributed by atoms with Crippen LogP contribution in [-0.2, 0) is 20.7 Å². The van der Waals surface area contributed by atoms with Crippen molar-refractivity contribution in [3.63, 3.8) is 0 Å². The van der Waals surface area contributed by atoms with Crippen LogP contribution in [0.25, 0.3) is 10.9 Å². The minimum atomic E-state index is -0.622. The number of aromatic amines is 1. The summed E-state index contributed by atoms with van der Waals surface area (Å²) in [5.74, 6) is -0.167. The van der Waals surface area contributed by atoms with E-state index in [-0.39, 0.29) is 24.0 Å². The number of benzene rings is 2. The summed E-state index contributed by atoms with van der Waals surface area (Å²) in [6, 6.07) is 13.0. The molecule has 2 atom stereocenters. The smallest absolute Gasteiger partial charge is 0.269 e. The summed E-state index contributed by atoms with van der Waals surface area (Å²) in [7, 11) is 0. The highest BCUT2D eigenvalue weighted by atomic mass is 16.6. The molecular formula is C26H27N5O5. The van der Waals surface area contributed by atoms with Gasteiger partial charge in [-0.2, -0.15) is 0 Å². The van der Waals surface area contributed by atoms with E-state index in [1.54, 1.807) is 21.9 Å². The zero-order valence-corrected chi connectivity index (χ0v) is 19.8. The molecule has 0 unspecified atom stereocenters. The normalized spacial score (nSPS) is 22.6. The summed E-state index contributed by atoms with van der Waals surface area (Å²) in [5.41, 5.74) is 3.55. The third-order valence-corrected chi connectivity index (χ3v) is 7.55. The van der Waals surface area contributed by atoms with E-state index in [2.05, 4.69) is 9.88 Å². The van der Waals surface area contributed by atoms with Gasteiger partial charge in [0.05, 0.1) is 30.7 Å². The number of piperazine rings is 1. The lowest BCUT2D eigenvalue weighted by Crippen LogP contribution is -2.63. The molecule has 0 spiro atoms. The van der Waals surface area contributed by atoms with E-state index in [0.29, 0.717) is 32.7 Å². The van der Waals surface area contributed by atoms with Gasteiger partial charge in [-0.25, -0.2) is 0 Å². The number of fused-ring (bicyclic) bond motifs is 4. The lowest BCUT2D eigenvalue weighted by Gasteiger charge is -2.47. The molecule has 6 rings (SSSR count). The molecule has 3 aromatic rings. The van der Waals surface area contributed by atoms with Crippen molar-refractivity contribution >= 4 is 28.4 Å². The van der Waals surface area contributed by atoms with Crippen molar-refractivity contribution in [1.82, 2.24) is 19.7 Å². The number of ether oxygens (including phenoxy) is 1. The van der Waals surface area contributed by atoms with Crippen LogP contribution in [0.1, 0.15) is 22.9 Å². The second-order valence-electron chi connectivity index (χ2n) is 9.55. The van der Waals surface area contributed by atoms with E-state index in [4.69, 9.17) is 4.74 Å². The number of carbonyl (C=O) groups is 2. The molecule has 186 valence electrons. The first-order chi connectivity index (χ1) is 17.5. The zero-order valence-electron chi connectivity index (χ0n) is 19.8. The SMILES string of the molecule is O=C1[C@H]2Cc3c([nH]c4ccccc34)[C@H](c3ccc([N+](=O)[O-])cc3)N2C(=O)CN1CCN1CCOCC1. The number of hydrogen-bond acceptors (Lipinski definition) is 6. The maximum atomic E-state index is 13.8. The van der Waals surface area contributed by atoms with Crippen LogP contribution in [-0.4, -0.2) is 88.4 Å². The van der Waals surface area contributed by atoms with Gasteiger partial charge in [0.2, 0.25) is 11.8 Å². The number of morpholine rings is 1. The Morgan fingerprint density at radius 1 is 1.03 bits per heavy atom. The number of carbonyl (C=O) groups excluding carboxylic acids is 2. The lowest BCUT2D eigenvalue weighted by atomic mass is 9.86. The van der Waals surface area contributed by atoms with Crippen molar-refractivity contribution in [2.24, 2.45) is 0 Å². The van der Waals surface area contributed by atoms with E-state index < -0.39 is 17.0 Å². The van der Waals surface area contributed by atoms with Crippen LogP contribution >= 0.6 is 0 Å². The van der Waals surface area contributed by atoms with Crippen LogP contribution in [0.15, 0.2) is 48.5 Å². The average Bonchev–Trinajstić information content (AvgIpc) is 3.28. The van der Waals surface area contributed by atoms with Gasteiger partial charge in [0.15, 0.2) is 0 Å². The second-order valence-corrected chi connectivity index (χ2v) is 9.55. The van der Waals surface area contributed by atoms with Gasteiger partial charge in [-0.05, 0) is 29.3 Å². The standard InChI is InChI=1S/C26H27N5O5/c32-23-16-29(10-9-28-11-13-36-14-12-28)26(33)22-15-20-19-3-1-2-4-21(19)27-24(20)25(30(22)23)17-5-7-18(8-6-17)31(34)35/h1-8,22,25,27H,9-16H2/t22-,25+/m1/s1. The quantitative estimate of drug-likeness (QED) is 0.434. The molecule has 0 aliphatic carbocycles. The number of amides is 2. The van der Waals surface area contributed by atoms with Crippen molar-refractivity contribution in [3.05, 3.63) is 75.5 Å². The fourth-order valence-corrected chi connectivity index (χ4v) is 5.72. The number of nitro benzene ring substituents is 1. The third kappa shape index (κ3) is 3.82. The van der Waals surface area contributed by atoms with Crippen LogP contribution < -0.4 is 0 Å². The van der Waals surface area contributed by atoms with E-state index in [0.717, 1.165) is 40.8 Å². The first kappa shape index (κ1) is 22.7.